The number of aliphatic hydroxyl groups excluding tert-OH is 1. The number of hydrogen-bond acceptors (Lipinski definition) is 8. The summed E-state index contributed by atoms with van der Waals surface area (Å²) in [4.78, 5) is 26.2. The Morgan fingerprint density at radius 1 is 1.00 bits per heavy atom. The molecule has 10 heteroatoms. The van der Waals surface area contributed by atoms with Crippen LogP contribution in [0.4, 0.5) is 0 Å². The molecule has 2 fully saturated rings. The summed E-state index contributed by atoms with van der Waals surface area (Å²) >= 11 is 0. The Balaban J connectivity index is 1.36. The van der Waals surface area contributed by atoms with Crippen LogP contribution in [0.2, 0.25) is 16.6 Å². The third-order valence-corrected chi connectivity index (χ3v) is 24.0. The highest BCUT2D eigenvalue weighted by molar-refractivity contribution is 6.77. The van der Waals surface area contributed by atoms with Gasteiger partial charge in [-0.05, 0) is 155 Å². The second kappa shape index (κ2) is 17.1. The van der Waals surface area contributed by atoms with Gasteiger partial charge in [0.15, 0.2) is 8.32 Å². The number of carbonyl (C=O) groups excluding carboxylic acids is 2. The van der Waals surface area contributed by atoms with E-state index in [-0.39, 0.29) is 47.2 Å². The molecule has 1 aromatic carbocycles. The fourth-order valence-corrected chi connectivity index (χ4v) is 20.1. The summed E-state index contributed by atoms with van der Waals surface area (Å²) < 4.78 is 28.7. The topological polar surface area (TPSA) is 116 Å². The SMILES string of the molecule is C=C(C)[C@@H](O)[C@@H](CC1=C2CC[C@H]3C(OC)n4c(cc5c6c(ccc54)C[C@H](CO[Si](C(C)C)(C(C)C)C(C)C)[C@H]4C[C@H](C(C)(C)O)[C@@H]64)[C@]3(C)[C@@]2(C)CCC1OC(C)=O)OC(=O)C(C)(C)C. The Morgan fingerprint density at radius 3 is 2.19 bits per heavy atom. The lowest BCUT2D eigenvalue weighted by Crippen LogP contribution is -2.54. The van der Waals surface area contributed by atoms with E-state index >= 15 is 0 Å². The lowest BCUT2D eigenvalue weighted by Gasteiger charge is -2.57. The van der Waals surface area contributed by atoms with Gasteiger partial charge in [-0.15, -0.1) is 0 Å². The number of carbonyl (C=O) groups is 2. The number of rotatable bonds is 14. The predicted molar refractivity (Wildman–Crippen MR) is 258 cm³/mol. The van der Waals surface area contributed by atoms with Crippen LogP contribution in [0.1, 0.15) is 171 Å². The summed E-state index contributed by atoms with van der Waals surface area (Å²) in [7, 11) is -0.226. The number of aromatic nitrogens is 1. The van der Waals surface area contributed by atoms with Crippen molar-refractivity contribution >= 4 is 31.2 Å². The third-order valence-electron chi connectivity index (χ3n) is 17.9. The fraction of sp³-hybridized carbons (Fsp3) is 0.741. The van der Waals surface area contributed by atoms with E-state index in [9.17, 15) is 19.8 Å². The molecule has 2 N–H and O–H groups in total. The highest BCUT2D eigenvalue weighted by Crippen LogP contribution is 2.69. The molecular formula is C54H83NO8Si. The molecule has 356 valence electrons. The molecule has 5 aliphatic rings. The van der Waals surface area contributed by atoms with Gasteiger partial charge in [0.25, 0.3) is 0 Å². The molecule has 64 heavy (non-hydrogen) atoms. The van der Waals surface area contributed by atoms with Gasteiger partial charge in [-0.1, -0.05) is 73.6 Å². The molecule has 1 aromatic heterocycles. The number of hydrogen-bond donors (Lipinski definition) is 2. The molecule has 0 bridgehead atoms. The smallest absolute Gasteiger partial charge is 0.311 e. The van der Waals surface area contributed by atoms with Crippen molar-refractivity contribution in [1.82, 2.24) is 4.57 Å². The quantitative estimate of drug-likeness (QED) is 0.109. The standard InChI is InChI=1S/C54H83NO8Si/c1-29(2)48(57)44(63-50(58)51(10,11)12)26-37-39-19-20-40-49(60-17)55-42-21-18-34-24-35(28-61-64(30(3)4,31(5)6)32(7)8)36-25-41(52(13,14)59)47(36)46(34)38(42)27-45(55)54(40,16)53(39,15)23-22-43(37)62-33(9)56/h18,21,27,30-32,35-36,40-41,43-44,47-49,57,59H,1,19-20,22-26,28H2,2-17H3/t35-,36-,40+,41+,43?,44-,47+,48-,49?,53+,54-/m1/s1. The molecule has 0 spiro atoms. The second-order valence-electron chi connectivity index (χ2n) is 23.9. The van der Waals surface area contributed by atoms with Crippen LogP contribution in [0.25, 0.3) is 10.9 Å². The number of aliphatic hydroxyl groups is 2. The maximum Gasteiger partial charge on any atom is 0.311 e. The number of benzene rings is 1. The van der Waals surface area contributed by atoms with Gasteiger partial charge in [-0.3, -0.25) is 9.59 Å². The average molecular weight is 902 g/mol. The van der Waals surface area contributed by atoms with E-state index in [0.29, 0.717) is 40.5 Å². The van der Waals surface area contributed by atoms with E-state index < -0.39 is 43.6 Å². The largest absolute Gasteiger partial charge is 0.459 e. The Hall–Kier alpha value is -2.76. The summed E-state index contributed by atoms with van der Waals surface area (Å²) in [6.07, 6.45) is 2.61. The minimum absolute atomic E-state index is 0.138. The molecule has 4 aliphatic carbocycles. The third kappa shape index (κ3) is 7.63. The normalized spacial score (nSPS) is 31.2. The lowest BCUT2D eigenvalue weighted by molar-refractivity contribution is -0.164. The minimum Gasteiger partial charge on any atom is -0.459 e. The van der Waals surface area contributed by atoms with Crippen molar-refractivity contribution in [3.63, 3.8) is 0 Å². The van der Waals surface area contributed by atoms with Crippen molar-refractivity contribution in [2.45, 2.75) is 207 Å². The monoisotopic (exact) mass is 902 g/mol. The zero-order chi connectivity index (χ0) is 47.4. The maximum absolute atomic E-state index is 13.4. The molecule has 2 aromatic rings. The second-order valence-corrected chi connectivity index (χ2v) is 29.3. The van der Waals surface area contributed by atoms with Gasteiger partial charge >= 0.3 is 11.9 Å². The van der Waals surface area contributed by atoms with E-state index in [1.54, 1.807) is 6.92 Å². The molecule has 2 saturated carbocycles. The Kier molecular flexibility index (Phi) is 13.1. The molecule has 0 saturated heterocycles. The molecule has 11 atom stereocenters. The highest BCUT2D eigenvalue weighted by atomic mass is 28.4. The van der Waals surface area contributed by atoms with Gasteiger partial charge in [0.05, 0.1) is 16.5 Å². The number of fused-ring (bicyclic) bond motifs is 11. The first-order valence-corrected chi connectivity index (χ1v) is 26.8. The first-order valence-electron chi connectivity index (χ1n) is 24.7. The summed E-state index contributed by atoms with van der Waals surface area (Å²) in [5, 5.41) is 24.6. The predicted octanol–water partition coefficient (Wildman–Crippen LogP) is 11.6. The first-order chi connectivity index (χ1) is 29.7. The Bertz CT molecular complexity index is 2150. The molecular weight excluding hydrogens is 819 g/mol. The van der Waals surface area contributed by atoms with Crippen molar-refractivity contribution in [3.05, 3.63) is 58.3 Å². The van der Waals surface area contributed by atoms with Gasteiger partial charge in [0, 0.05) is 54.9 Å². The van der Waals surface area contributed by atoms with Crippen LogP contribution in [0.15, 0.2) is 41.5 Å². The number of ether oxygens (including phenoxy) is 3. The Morgan fingerprint density at radius 2 is 1.64 bits per heavy atom. The fourth-order valence-electron chi connectivity index (χ4n) is 14.6. The van der Waals surface area contributed by atoms with Crippen LogP contribution in [-0.4, -0.2) is 72.7 Å². The van der Waals surface area contributed by atoms with Crippen LogP contribution >= 0.6 is 0 Å². The van der Waals surface area contributed by atoms with E-state index in [1.807, 2.05) is 41.7 Å². The van der Waals surface area contributed by atoms with Crippen molar-refractivity contribution in [2.75, 3.05) is 13.7 Å². The summed E-state index contributed by atoms with van der Waals surface area (Å²) in [6, 6.07) is 7.21. The summed E-state index contributed by atoms with van der Waals surface area (Å²) in [6.45, 7) is 36.5. The summed E-state index contributed by atoms with van der Waals surface area (Å²) in [5.74, 6) is 0.610. The van der Waals surface area contributed by atoms with E-state index in [4.69, 9.17) is 18.6 Å². The van der Waals surface area contributed by atoms with Crippen molar-refractivity contribution in [3.8, 4) is 0 Å². The van der Waals surface area contributed by atoms with Crippen molar-refractivity contribution < 1.29 is 38.4 Å². The minimum atomic E-state index is -2.07. The highest BCUT2D eigenvalue weighted by Gasteiger charge is 2.65. The van der Waals surface area contributed by atoms with Crippen LogP contribution in [0.5, 0.6) is 0 Å². The molecule has 7 rings (SSSR count). The number of allylic oxidation sites excluding steroid dienone is 1. The van der Waals surface area contributed by atoms with Crippen LogP contribution < -0.4 is 0 Å². The van der Waals surface area contributed by atoms with E-state index in [2.05, 4.69) is 84.7 Å². The summed E-state index contributed by atoms with van der Waals surface area (Å²) in [5.41, 5.74) is 7.16. The molecule has 2 unspecified atom stereocenters. The lowest BCUT2D eigenvalue weighted by atomic mass is 9.47. The number of methoxy groups -OCH3 is 1. The van der Waals surface area contributed by atoms with Crippen molar-refractivity contribution in [2.24, 2.45) is 34.5 Å². The molecule has 9 nitrogen and oxygen atoms in total. The van der Waals surface area contributed by atoms with Crippen LogP contribution in [0, 0.1) is 34.5 Å². The van der Waals surface area contributed by atoms with Gasteiger partial charge in [-0.2, -0.15) is 0 Å². The van der Waals surface area contributed by atoms with Crippen molar-refractivity contribution in [1.29, 1.82) is 0 Å². The average Bonchev–Trinajstić information content (AvgIpc) is 3.67. The zero-order valence-electron chi connectivity index (χ0n) is 42.3. The van der Waals surface area contributed by atoms with E-state index in [0.717, 1.165) is 44.3 Å². The van der Waals surface area contributed by atoms with Crippen LogP contribution in [0.3, 0.4) is 0 Å². The maximum atomic E-state index is 13.4. The van der Waals surface area contributed by atoms with Gasteiger partial charge in [-0.25, -0.2) is 0 Å². The first kappa shape index (κ1) is 49.1. The van der Waals surface area contributed by atoms with Gasteiger partial charge in [0.2, 0.25) is 0 Å². The molecule has 2 heterocycles. The van der Waals surface area contributed by atoms with Gasteiger partial charge in [0.1, 0.15) is 24.5 Å². The number of esters is 2. The van der Waals surface area contributed by atoms with Gasteiger partial charge < -0.3 is 33.4 Å². The Labute approximate surface area is 386 Å². The van der Waals surface area contributed by atoms with Crippen LogP contribution in [-0.2, 0) is 40.1 Å². The molecule has 0 amide bonds. The molecule has 1 aliphatic heterocycles. The van der Waals surface area contributed by atoms with E-state index in [1.165, 1.54) is 40.2 Å². The zero-order valence-corrected chi connectivity index (χ0v) is 43.3. The number of nitrogens with zero attached hydrogens (tertiary/aromatic N) is 1. The molecule has 0 radical (unpaired) electrons.